The lowest BCUT2D eigenvalue weighted by Crippen LogP contribution is -2.10. The van der Waals surface area contributed by atoms with E-state index in [1.807, 2.05) is 60.7 Å². The summed E-state index contributed by atoms with van der Waals surface area (Å²) in [5.74, 6) is -0.0208. The Morgan fingerprint density at radius 2 is 1.12 bits per heavy atom. The van der Waals surface area contributed by atoms with Crippen LogP contribution in [-0.4, -0.2) is 5.78 Å². The van der Waals surface area contributed by atoms with Gasteiger partial charge in [-0.1, -0.05) is 43.0 Å². The molecule has 2 nitrogen and oxygen atoms in total. The lowest BCUT2D eigenvalue weighted by atomic mass is 10.1. The van der Waals surface area contributed by atoms with Gasteiger partial charge in [-0.2, -0.15) is 0 Å². The first kappa shape index (κ1) is 15.8. The summed E-state index contributed by atoms with van der Waals surface area (Å²) < 4.78 is 0. The average Bonchev–Trinajstić information content (AvgIpc) is 2.64. The van der Waals surface area contributed by atoms with E-state index in [1.54, 1.807) is 6.92 Å². The zero-order valence-corrected chi connectivity index (χ0v) is 13.6. The van der Waals surface area contributed by atoms with Crippen LogP contribution in [0.4, 0.5) is 17.1 Å². The van der Waals surface area contributed by atoms with Crippen LogP contribution in [0.2, 0.25) is 0 Å². The third-order valence-corrected chi connectivity index (χ3v) is 3.80. The van der Waals surface area contributed by atoms with Gasteiger partial charge in [0.25, 0.3) is 0 Å². The number of carbonyl (C=O) groups excluding carboxylic acids is 1. The van der Waals surface area contributed by atoms with Crippen molar-refractivity contribution in [1.29, 1.82) is 0 Å². The zero-order chi connectivity index (χ0) is 16.9. The highest BCUT2D eigenvalue weighted by atomic mass is 16.1. The van der Waals surface area contributed by atoms with Gasteiger partial charge in [0.2, 0.25) is 0 Å². The average molecular weight is 313 g/mol. The molecule has 0 radical (unpaired) electrons. The lowest BCUT2D eigenvalue weighted by Gasteiger charge is -2.25. The largest absolute Gasteiger partial charge is 0.311 e. The summed E-state index contributed by atoms with van der Waals surface area (Å²) in [4.78, 5) is 14.2. The highest BCUT2D eigenvalue weighted by Gasteiger charge is 2.13. The molecule has 0 aliphatic carbocycles. The Balaban J connectivity index is 2.04. The van der Waals surface area contributed by atoms with Crippen molar-refractivity contribution >= 4 is 22.8 Å². The fourth-order valence-corrected chi connectivity index (χ4v) is 2.61. The first-order chi connectivity index (χ1) is 11.7. The molecule has 3 aromatic carbocycles. The van der Waals surface area contributed by atoms with E-state index in [0.717, 1.165) is 17.1 Å². The van der Waals surface area contributed by atoms with Crippen LogP contribution in [0.1, 0.15) is 17.3 Å². The quantitative estimate of drug-likeness (QED) is 0.431. The SMILES string of the molecule is C=C(C)C(=O)c1ccc(N(c2ccccc2)c2ccccc2)cc1. The second kappa shape index (κ2) is 6.97. The normalized spacial score (nSPS) is 10.2. The van der Waals surface area contributed by atoms with Crippen LogP contribution < -0.4 is 4.90 Å². The standard InChI is InChI=1S/C22H19NO/c1-17(2)22(24)18-13-15-21(16-14-18)23(19-9-5-3-6-10-19)20-11-7-4-8-12-20/h3-16H,1H2,2H3. The molecule has 0 aliphatic rings. The molecule has 0 aliphatic heterocycles. The van der Waals surface area contributed by atoms with Crippen molar-refractivity contribution < 1.29 is 4.79 Å². The number of allylic oxidation sites excluding steroid dienone is 1. The maximum atomic E-state index is 12.1. The van der Waals surface area contributed by atoms with Gasteiger partial charge >= 0.3 is 0 Å². The number of ketones is 1. The van der Waals surface area contributed by atoms with Crippen LogP contribution in [0.3, 0.4) is 0 Å². The van der Waals surface area contributed by atoms with Crippen LogP contribution in [0.15, 0.2) is 97.1 Å². The lowest BCUT2D eigenvalue weighted by molar-refractivity contribution is 0.103. The zero-order valence-electron chi connectivity index (χ0n) is 13.6. The predicted octanol–water partition coefficient (Wildman–Crippen LogP) is 5.92. The van der Waals surface area contributed by atoms with E-state index in [4.69, 9.17) is 0 Å². The fourth-order valence-electron chi connectivity index (χ4n) is 2.61. The number of carbonyl (C=O) groups is 1. The van der Waals surface area contributed by atoms with Crippen molar-refractivity contribution in [3.05, 3.63) is 103 Å². The number of hydrogen-bond acceptors (Lipinski definition) is 2. The number of benzene rings is 3. The summed E-state index contributed by atoms with van der Waals surface area (Å²) in [5.41, 5.74) is 4.36. The second-order valence-electron chi connectivity index (χ2n) is 5.66. The third-order valence-electron chi connectivity index (χ3n) is 3.80. The van der Waals surface area contributed by atoms with Crippen molar-refractivity contribution in [3.8, 4) is 0 Å². The highest BCUT2D eigenvalue weighted by molar-refractivity contribution is 6.08. The molecule has 0 N–H and O–H groups in total. The fraction of sp³-hybridized carbons (Fsp3) is 0.0455. The van der Waals surface area contributed by atoms with E-state index in [0.29, 0.717) is 11.1 Å². The van der Waals surface area contributed by atoms with E-state index in [1.165, 1.54) is 0 Å². The van der Waals surface area contributed by atoms with Crippen molar-refractivity contribution in [2.45, 2.75) is 6.92 Å². The van der Waals surface area contributed by atoms with Crippen molar-refractivity contribution in [2.75, 3.05) is 4.90 Å². The van der Waals surface area contributed by atoms with Gasteiger partial charge in [0.15, 0.2) is 5.78 Å². The maximum Gasteiger partial charge on any atom is 0.188 e. The van der Waals surface area contributed by atoms with Crippen LogP contribution in [0, 0.1) is 0 Å². The Kier molecular flexibility index (Phi) is 4.57. The monoisotopic (exact) mass is 313 g/mol. The van der Waals surface area contributed by atoms with E-state index < -0.39 is 0 Å². The summed E-state index contributed by atoms with van der Waals surface area (Å²) in [6.07, 6.45) is 0. The number of para-hydroxylation sites is 2. The van der Waals surface area contributed by atoms with Gasteiger partial charge in [-0.15, -0.1) is 0 Å². The van der Waals surface area contributed by atoms with Crippen LogP contribution in [0.5, 0.6) is 0 Å². The molecule has 0 unspecified atom stereocenters. The topological polar surface area (TPSA) is 20.3 Å². The Labute approximate surface area is 142 Å². The molecule has 2 heteroatoms. The van der Waals surface area contributed by atoms with Gasteiger partial charge in [0.1, 0.15) is 0 Å². The number of rotatable bonds is 5. The molecule has 3 rings (SSSR count). The molecule has 0 saturated heterocycles. The van der Waals surface area contributed by atoms with Gasteiger partial charge < -0.3 is 4.90 Å². The number of hydrogen-bond donors (Lipinski definition) is 0. The van der Waals surface area contributed by atoms with Gasteiger partial charge in [-0.25, -0.2) is 0 Å². The molecule has 0 atom stereocenters. The first-order valence-electron chi connectivity index (χ1n) is 7.87. The van der Waals surface area contributed by atoms with Crippen molar-refractivity contribution in [3.63, 3.8) is 0 Å². The molecule has 0 spiro atoms. The molecule has 0 amide bonds. The summed E-state index contributed by atoms with van der Waals surface area (Å²) in [7, 11) is 0. The van der Waals surface area contributed by atoms with Crippen LogP contribution in [0.25, 0.3) is 0 Å². The number of nitrogens with zero attached hydrogens (tertiary/aromatic N) is 1. The first-order valence-corrected chi connectivity index (χ1v) is 7.87. The molecule has 0 heterocycles. The molecule has 118 valence electrons. The molecular weight excluding hydrogens is 294 g/mol. The van der Waals surface area contributed by atoms with E-state index >= 15 is 0 Å². The maximum absolute atomic E-state index is 12.1. The number of anilines is 3. The van der Waals surface area contributed by atoms with E-state index in [2.05, 4.69) is 35.7 Å². The Bertz CT molecular complexity index is 797. The van der Waals surface area contributed by atoms with E-state index in [9.17, 15) is 4.79 Å². The third kappa shape index (κ3) is 3.28. The summed E-state index contributed by atoms with van der Waals surface area (Å²) in [6, 6.07) is 28.0. The molecule has 0 saturated carbocycles. The summed E-state index contributed by atoms with van der Waals surface area (Å²) >= 11 is 0. The summed E-state index contributed by atoms with van der Waals surface area (Å²) in [6.45, 7) is 5.46. The minimum atomic E-state index is -0.0208. The van der Waals surface area contributed by atoms with Gasteiger partial charge in [-0.05, 0) is 61.0 Å². The minimum absolute atomic E-state index is 0.0208. The van der Waals surface area contributed by atoms with Gasteiger partial charge in [0, 0.05) is 22.6 Å². The Hall–Kier alpha value is -3.13. The van der Waals surface area contributed by atoms with Gasteiger partial charge in [0.05, 0.1) is 0 Å². The molecule has 0 bridgehead atoms. The minimum Gasteiger partial charge on any atom is -0.311 e. The predicted molar refractivity (Wildman–Crippen MR) is 100 cm³/mol. The Morgan fingerprint density at radius 3 is 1.54 bits per heavy atom. The summed E-state index contributed by atoms with van der Waals surface area (Å²) in [5, 5.41) is 0. The smallest absolute Gasteiger partial charge is 0.188 e. The highest BCUT2D eigenvalue weighted by Crippen LogP contribution is 2.34. The molecular formula is C22H19NO. The second-order valence-corrected chi connectivity index (χ2v) is 5.66. The van der Waals surface area contributed by atoms with Gasteiger partial charge in [-0.3, -0.25) is 4.79 Å². The molecule has 0 fully saturated rings. The molecule has 24 heavy (non-hydrogen) atoms. The van der Waals surface area contributed by atoms with Crippen molar-refractivity contribution in [1.82, 2.24) is 0 Å². The van der Waals surface area contributed by atoms with E-state index in [-0.39, 0.29) is 5.78 Å². The molecule has 3 aromatic rings. The van der Waals surface area contributed by atoms with Crippen LogP contribution in [-0.2, 0) is 0 Å². The van der Waals surface area contributed by atoms with Crippen LogP contribution >= 0.6 is 0 Å². The number of Topliss-reactive ketones (excluding diaryl/α,β-unsaturated/α-hetero) is 1. The van der Waals surface area contributed by atoms with Crippen molar-refractivity contribution in [2.24, 2.45) is 0 Å². The molecule has 0 aromatic heterocycles. The Morgan fingerprint density at radius 1 is 0.708 bits per heavy atom.